The number of halogens is 3. The highest BCUT2D eigenvalue weighted by molar-refractivity contribution is 9.10. The molecule has 2 aromatic carbocycles. The number of benzene rings is 2. The Morgan fingerprint density at radius 2 is 1.67 bits per heavy atom. The van der Waals surface area contributed by atoms with Gasteiger partial charge in [-0.25, -0.2) is 8.78 Å². The van der Waals surface area contributed by atoms with E-state index in [0.717, 1.165) is 28.2 Å². The van der Waals surface area contributed by atoms with Gasteiger partial charge in [0.15, 0.2) is 0 Å². The molecule has 0 saturated heterocycles. The van der Waals surface area contributed by atoms with E-state index in [9.17, 15) is 13.9 Å². The Hall–Kier alpha value is -1.26. The van der Waals surface area contributed by atoms with Crippen LogP contribution in [0.15, 0.2) is 46.9 Å². The molecule has 94 valence electrons. The summed E-state index contributed by atoms with van der Waals surface area (Å²) in [7, 11) is 0. The SMILES string of the molecule is OC(Cc1ccccc1Br)c1cc(F)cc(F)c1. The van der Waals surface area contributed by atoms with Gasteiger partial charge in [0.2, 0.25) is 0 Å². The summed E-state index contributed by atoms with van der Waals surface area (Å²) >= 11 is 3.37. The van der Waals surface area contributed by atoms with Crippen molar-refractivity contribution in [3.05, 3.63) is 69.7 Å². The van der Waals surface area contributed by atoms with Gasteiger partial charge in [0.1, 0.15) is 11.6 Å². The Labute approximate surface area is 112 Å². The van der Waals surface area contributed by atoms with Crippen LogP contribution in [0.5, 0.6) is 0 Å². The zero-order valence-corrected chi connectivity index (χ0v) is 11.0. The topological polar surface area (TPSA) is 20.2 Å². The van der Waals surface area contributed by atoms with Crippen molar-refractivity contribution in [3.8, 4) is 0 Å². The van der Waals surface area contributed by atoms with Gasteiger partial charge in [0.25, 0.3) is 0 Å². The molecule has 0 saturated carbocycles. The van der Waals surface area contributed by atoms with Crippen LogP contribution in [0.4, 0.5) is 8.78 Å². The fraction of sp³-hybridized carbons (Fsp3) is 0.143. The van der Waals surface area contributed by atoms with Crippen LogP contribution in [0.2, 0.25) is 0 Å². The lowest BCUT2D eigenvalue weighted by atomic mass is 10.0. The van der Waals surface area contributed by atoms with Gasteiger partial charge in [0, 0.05) is 17.0 Å². The van der Waals surface area contributed by atoms with Crippen molar-refractivity contribution in [2.75, 3.05) is 0 Å². The van der Waals surface area contributed by atoms with Gasteiger partial charge in [-0.1, -0.05) is 34.1 Å². The van der Waals surface area contributed by atoms with Crippen molar-refractivity contribution >= 4 is 15.9 Å². The van der Waals surface area contributed by atoms with Gasteiger partial charge in [-0.2, -0.15) is 0 Å². The zero-order chi connectivity index (χ0) is 13.1. The lowest BCUT2D eigenvalue weighted by Crippen LogP contribution is -2.03. The minimum Gasteiger partial charge on any atom is -0.388 e. The molecule has 0 heterocycles. The van der Waals surface area contributed by atoms with Crippen LogP contribution in [0, 0.1) is 11.6 Å². The van der Waals surface area contributed by atoms with Crippen LogP contribution in [-0.2, 0) is 6.42 Å². The maximum atomic E-state index is 13.0. The summed E-state index contributed by atoms with van der Waals surface area (Å²) in [6.07, 6.45) is -0.640. The largest absolute Gasteiger partial charge is 0.388 e. The first-order valence-electron chi connectivity index (χ1n) is 5.44. The van der Waals surface area contributed by atoms with Crippen LogP contribution in [0.1, 0.15) is 17.2 Å². The van der Waals surface area contributed by atoms with Gasteiger partial charge in [-0.3, -0.25) is 0 Å². The van der Waals surface area contributed by atoms with E-state index in [4.69, 9.17) is 0 Å². The number of aliphatic hydroxyl groups is 1. The molecule has 0 spiro atoms. The first-order chi connectivity index (χ1) is 8.56. The molecule has 2 aromatic rings. The molecule has 0 radical (unpaired) electrons. The average Bonchev–Trinajstić information content (AvgIpc) is 2.31. The molecule has 0 amide bonds. The normalized spacial score (nSPS) is 12.4. The third-order valence-corrected chi connectivity index (χ3v) is 3.41. The predicted octanol–water partition coefficient (Wildman–Crippen LogP) is 4.00. The van der Waals surface area contributed by atoms with E-state index >= 15 is 0 Å². The molecule has 0 aliphatic carbocycles. The Bertz CT molecular complexity index is 537. The van der Waals surface area contributed by atoms with Gasteiger partial charge in [-0.05, 0) is 29.3 Å². The first kappa shape index (κ1) is 13.2. The van der Waals surface area contributed by atoms with Crippen LogP contribution >= 0.6 is 15.9 Å². The van der Waals surface area contributed by atoms with Crippen LogP contribution in [0.25, 0.3) is 0 Å². The fourth-order valence-corrected chi connectivity index (χ4v) is 2.20. The maximum Gasteiger partial charge on any atom is 0.126 e. The summed E-state index contributed by atoms with van der Waals surface area (Å²) in [6.45, 7) is 0. The molecule has 1 N–H and O–H groups in total. The monoisotopic (exact) mass is 312 g/mol. The van der Waals surface area contributed by atoms with Gasteiger partial charge < -0.3 is 5.11 Å². The molecule has 0 aromatic heterocycles. The summed E-state index contributed by atoms with van der Waals surface area (Å²) in [5.41, 5.74) is 1.12. The van der Waals surface area contributed by atoms with Crippen molar-refractivity contribution in [2.45, 2.75) is 12.5 Å². The summed E-state index contributed by atoms with van der Waals surface area (Å²) in [5.74, 6) is -1.37. The Morgan fingerprint density at radius 3 is 2.28 bits per heavy atom. The predicted molar refractivity (Wildman–Crippen MR) is 69.2 cm³/mol. The van der Waals surface area contributed by atoms with Gasteiger partial charge >= 0.3 is 0 Å². The molecule has 0 aliphatic heterocycles. The molecular weight excluding hydrogens is 302 g/mol. The fourth-order valence-electron chi connectivity index (χ4n) is 1.76. The molecule has 0 fully saturated rings. The van der Waals surface area contributed by atoms with Crippen molar-refractivity contribution < 1.29 is 13.9 Å². The van der Waals surface area contributed by atoms with E-state index in [-0.39, 0.29) is 5.56 Å². The molecule has 4 heteroatoms. The van der Waals surface area contributed by atoms with Gasteiger partial charge in [-0.15, -0.1) is 0 Å². The highest BCUT2D eigenvalue weighted by Gasteiger charge is 2.12. The number of hydrogen-bond donors (Lipinski definition) is 1. The first-order valence-corrected chi connectivity index (χ1v) is 6.23. The molecule has 1 atom stereocenters. The summed E-state index contributed by atoms with van der Waals surface area (Å²) in [5, 5.41) is 9.99. The van der Waals surface area contributed by atoms with Crippen LogP contribution in [0.3, 0.4) is 0 Å². The molecule has 2 rings (SSSR count). The smallest absolute Gasteiger partial charge is 0.126 e. The number of aliphatic hydroxyl groups excluding tert-OH is 1. The minimum absolute atomic E-state index is 0.239. The molecule has 0 bridgehead atoms. The third-order valence-electron chi connectivity index (χ3n) is 2.64. The molecule has 1 nitrogen and oxygen atoms in total. The summed E-state index contributed by atoms with van der Waals surface area (Å²) < 4.78 is 27.0. The van der Waals surface area contributed by atoms with E-state index in [1.807, 2.05) is 24.3 Å². The van der Waals surface area contributed by atoms with E-state index < -0.39 is 17.7 Å². The van der Waals surface area contributed by atoms with E-state index in [0.29, 0.717) is 6.42 Å². The molecule has 1 unspecified atom stereocenters. The minimum atomic E-state index is -0.936. The Morgan fingerprint density at radius 1 is 1.06 bits per heavy atom. The second kappa shape index (κ2) is 5.59. The van der Waals surface area contributed by atoms with E-state index in [1.54, 1.807) is 0 Å². The lowest BCUT2D eigenvalue weighted by Gasteiger charge is -2.12. The van der Waals surface area contributed by atoms with Gasteiger partial charge in [0.05, 0.1) is 6.10 Å². The van der Waals surface area contributed by atoms with Crippen molar-refractivity contribution in [2.24, 2.45) is 0 Å². The summed E-state index contributed by atoms with van der Waals surface area (Å²) in [6, 6.07) is 10.5. The summed E-state index contributed by atoms with van der Waals surface area (Å²) in [4.78, 5) is 0. The van der Waals surface area contributed by atoms with Crippen molar-refractivity contribution in [1.29, 1.82) is 0 Å². The van der Waals surface area contributed by atoms with Crippen molar-refractivity contribution in [3.63, 3.8) is 0 Å². The lowest BCUT2D eigenvalue weighted by molar-refractivity contribution is 0.177. The molecular formula is C14H11BrF2O. The highest BCUT2D eigenvalue weighted by Crippen LogP contribution is 2.24. The molecule has 0 aliphatic rings. The average molecular weight is 313 g/mol. The number of rotatable bonds is 3. The second-order valence-corrected chi connectivity index (χ2v) is 4.87. The quantitative estimate of drug-likeness (QED) is 0.908. The standard InChI is InChI=1S/C14H11BrF2O/c15-13-4-2-1-3-9(13)7-14(18)10-5-11(16)8-12(17)6-10/h1-6,8,14,18H,7H2. The van der Waals surface area contributed by atoms with E-state index in [2.05, 4.69) is 15.9 Å². The molecule has 18 heavy (non-hydrogen) atoms. The maximum absolute atomic E-state index is 13.0. The zero-order valence-electron chi connectivity index (χ0n) is 9.41. The van der Waals surface area contributed by atoms with E-state index in [1.165, 1.54) is 0 Å². The second-order valence-electron chi connectivity index (χ2n) is 4.01. The van der Waals surface area contributed by atoms with Crippen LogP contribution in [-0.4, -0.2) is 5.11 Å². The van der Waals surface area contributed by atoms with Crippen molar-refractivity contribution in [1.82, 2.24) is 0 Å². The Kier molecular flexibility index (Phi) is 4.09. The Balaban J connectivity index is 2.22. The van der Waals surface area contributed by atoms with Crippen LogP contribution < -0.4 is 0 Å². The highest BCUT2D eigenvalue weighted by atomic mass is 79.9. The third kappa shape index (κ3) is 3.15. The number of hydrogen-bond acceptors (Lipinski definition) is 1.